The van der Waals surface area contributed by atoms with Crippen molar-refractivity contribution in [3.8, 4) is 0 Å². The summed E-state index contributed by atoms with van der Waals surface area (Å²) in [4.78, 5) is 11.1. The normalized spacial score (nSPS) is 16.3. The zero-order chi connectivity index (χ0) is 13.0. The summed E-state index contributed by atoms with van der Waals surface area (Å²) in [6, 6.07) is 9.04. The van der Waals surface area contributed by atoms with E-state index >= 15 is 0 Å². The second-order valence-corrected chi connectivity index (χ2v) is 5.01. The number of carbonyl (C=O) groups is 1. The van der Waals surface area contributed by atoms with Crippen LogP contribution in [0, 0.1) is 12.8 Å². The standard InChI is InChI=1S/C15H21NO2/c1-11-3-5-12(6-4-11)15(13-7-8-13)16-10-9-14(17)18-2/h3-6,13,15-16H,7-10H2,1-2H3. The van der Waals surface area contributed by atoms with Crippen LogP contribution in [-0.4, -0.2) is 19.6 Å². The van der Waals surface area contributed by atoms with Crippen molar-refractivity contribution in [1.82, 2.24) is 5.32 Å². The van der Waals surface area contributed by atoms with Crippen LogP contribution < -0.4 is 5.32 Å². The van der Waals surface area contributed by atoms with Gasteiger partial charge >= 0.3 is 5.97 Å². The summed E-state index contributed by atoms with van der Waals surface area (Å²) >= 11 is 0. The van der Waals surface area contributed by atoms with Gasteiger partial charge in [-0.05, 0) is 31.2 Å². The van der Waals surface area contributed by atoms with Crippen LogP contribution in [0.15, 0.2) is 24.3 Å². The Bertz CT molecular complexity index is 395. The van der Waals surface area contributed by atoms with Gasteiger partial charge < -0.3 is 10.1 Å². The minimum Gasteiger partial charge on any atom is -0.469 e. The van der Waals surface area contributed by atoms with Crippen LogP contribution in [-0.2, 0) is 9.53 Å². The molecule has 1 saturated carbocycles. The summed E-state index contributed by atoms with van der Waals surface area (Å²) in [6.45, 7) is 2.78. The molecule has 1 atom stereocenters. The predicted molar refractivity (Wildman–Crippen MR) is 71.3 cm³/mol. The molecule has 18 heavy (non-hydrogen) atoms. The summed E-state index contributed by atoms with van der Waals surface area (Å²) in [6.07, 6.45) is 3.00. The molecular weight excluding hydrogens is 226 g/mol. The van der Waals surface area contributed by atoms with Crippen LogP contribution in [0.1, 0.15) is 36.4 Å². The van der Waals surface area contributed by atoms with E-state index in [0.29, 0.717) is 19.0 Å². The molecule has 3 heteroatoms. The van der Waals surface area contributed by atoms with Gasteiger partial charge in [-0.1, -0.05) is 29.8 Å². The lowest BCUT2D eigenvalue weighted by Gasteiger charge is -2.18. The lowest BCUT2D eigenvalue weighted by molar-refractivity contribution is -0.140. The largest absolute Gasteiger partial charge is 0.469 e. The van der Waals surface area contributed by atoms with E-state index in [9.17, 15) is 4.79 Å². The molecule has 0 spiro atoms. The van der Waals surface area contributed by atoms with Crippen molar-refractivity contribution < 1.29 is 9.53 Å². The number of aryl methyl sites for hydroxylation is 1. The highest BCUT2D eigenvalue weighted by Gasteiger charge is 2.31. The number of nitrogens with one attached hydrogen (secondary N) is 1. The van der Waals surface area contributed by atoms with Gasteiger partial charge in [0.2, 0.25) is 0 Å². The Labute approximate surface area is 109 Å². The molecule has 1 N–H and O–H groups in total. The van der Waals surface area contributed by atoms with Crippen molar-refractivity contribution in [2.45, 2.75) is 32.2 Å². The SMILES string of the molecule is COC(=O)CCNC(c1ccc(C)cc1)C1CC1. The third-order valence-electron chi connectivity index (χ3n) is 3.45. The number of esters is 1. The van der Waals surface area contributed by atoms with E-state index in [1.165, 1.54) is 31.1 Å². The van der Waals surface area contributed by atoms with Gasteiger partial charge in [-0.25, -0.2) is 0 Å². The number of hydrogen-bond acceptors (Lipinski definition) is 3. The molecule has 1 aromatic rings. The summed E-state index contributed by atoms with van der Waals surface area (Å²) in [5.41, 5.74) is 2.61. The molecule has 1 aliphatic rings. The first-order valence-corrected chi connectivity index (χ1v) is 6.57. The average Bonchev–Trinajstić information content (AvgIpc) is 3.20. The molecule has 0 amide bonds. The Morgan fingerprint density at radius 2 is 2.06 bits per heavy atom. The smallest absolute Gasteiger partial charge is 0.306 e. The highest BCUT2D eigenvalue weighted by molar-refractivity contribution is 5.69. The summed E-state index contributed by atoms with van der Waals surface area (Å²) in [5.74, 6) is 0.575. The topological polar surface area (TPSA) is 38.3 Å². The molecule has 98 valence electrons. The van der Waals surface area contributed by atoms with Crippen LogP contribution in [0.2, 0.25) is 0 Å². The van der Waals surface area contributed by atoms with E-state index in [2.05, 4.69) is 41.2 Å². The van der Waals surface area contributed by atoms with Crippen LogP contribution in [0.5, 0.6) is 0 Å². The summed E-state index contributed by atoms with van der Waals surface area (Å²) in [7, 11) is 1.43. The summed E-state index contributed by atoms with van der Waals surface area (Å²) < 4.78 is 4.65. The van der Waals surface area contributed by atoms with Gasteiger partial charge in [-0.3, -0.25) is 4.79 Å². The van der Waals surface area contributed by atoms with Crippen molar-refractivity contribution in [2.75, 3.05) is 13.7 Å². The number of rotatable bonds is 6. The van der Waals surface area contributed by atoms with Gasteiger partial charge in [-0.2, -0.15) is 0 Å². The third-order valence-corrected chi connectivity index (χ3v) is 3.45. The first-order valence-electron chi connectivity index (χ1n) is 6.57. The predicted octanol–water partition coefficient (Wildman–Crippen LogP) is 2.60. The molecule has 1 unspecified atom stereocenters. The van der Waals surface area contributed by atoms with Crippen LogP contribution in [0.25, 0.3) is 0 Å². The summed E-state index contributed by atoms with van der Waals surface area (Å²) in [5, 5.41) is 3.48. The van der Waals surface area contributed by atoms with Crippen LogP contribution in [0.3, 0.4) is 0 Å². The van der Waals surface area contributed by atoms with Crippen molar-refractivity contribution in [3.63, 3.8) is 0 Å². The number of carbonyl (C=O) groups excluding carboxylic acids is 1. The molecule has 0 saturated heterocycles. The van der Waals surface area contributed by atoms with E-state index in [1.54, 1.807) is 0 Å². The Kier molecular flexibility index (Phi) is 4.37. The highest BCUT2D eigenvalue weighted by atomic mass is 16.5. The van der Waals surface area contributed by atoms with Gasteiger partial charge in [0.15, 0.2) is 0 Å². The fourth-order valence-corrected chi connectivity index (χ4v) is 2.19. The second kappa shape index (κ2) is 6.01. The quantitative estimate of drug-likeness (QED) is 0.785. The second-order valence-electron chi connectivity index (χ2n) is 5.01. The lowest BCUT2D eigenvalue weighted by atomic mass is 10.0. The molecule has 0 aromatic heterocycles. The Balaban J connectivity index is 1.92. The third kappa shape index (κ3) is 3.57. The monoisotopic (exact) mass is 247 g/mol. The van der Waals surface area contributed by atoms with E-state index in [1.807, 2.05) is 0 Å². The van der Waals surface area contributed by atoms with Crippen molar-refractivity contribution in [3.05, 3.63) is 35.4 Å². The van der Waals surface area contributed by atoms with Gasteiger partial charge in [0.05, 0.1) is 13.5 Å². The Morgan fingerprint density at radius 3 is 2.61 bits per heavy atom. The van der Waals surface area contributed by atoms with Gasteiger partial charge in [0.25, 0.3) is 0 Å². The van der Waals surface area contributed by atoms with Gasteiger partial charge in [-0.15, -0.1) is 0 Å². The van der Waals surface area contributed by atoms with Crippen molar-refractivity contribution >= 4 is 5.97 Å². The van der Waals surface area contributed by atoms with Crippen molar-refractivity contribution in [2.24, 2.45) is 5.92 Å². The molecule has 0 heterocycles. The molecular formula is C15H21NO2. The molecule has 3 nitrogen and oxygen atoms in total. The molecule has 0 bridgehead atoms. The van der Waals surface area contributed by atoms with Crippen molar-refractivity contribution in [1.29, 1.82) is 0 Å². The molecule has 1 aromatic carbocycles. The maximum Gasteiger partial charge on any atom is 0.306 e. The van der Waals surface area contributed by atoms with Crippen LogP contribution >= 0.6 is 0 Å². The number of ether oxygens (including phenoxy) is 1. The minimum atomic E-state index is -0.152. The fourth-order valence-electron chi connectivity index (χ4n) is 2.19. The van der Waals surface area contributed by atoms with E-state index in [4.69, 9.17) is 0 Å². The fraction of sp³-hybridized carbons (Fsp3) is 0.533. The molecule has 2 rings (SSSR count). The lowest BCUT2D eigenvalue weighted by Crippen LogP contribution is -2.26. The zero-order valence-corrected chi connectivity index (χ0v) is 11.1. The van der Waals surface area contributed by atoms with Crippen LogP contribution in [0.4, 0.5) is 0 Å². The molecule has 1 aliphatic carbocycles. The Morgan fingerprint density at radius 1 is 1.39 bits per heavy atom. The molecule has 1 fully saturated rings. The maximum atomic E-state index is 11.1. The average molecular weight is 247 g/mol. The first kappa shape index (κ1) is 13.1. The van der Waals surface area contributed by atoms with Gasteiger partial charge in [0, 0.05) is 12.6 Å². The Hall–Kier alpha value is -1.35. The van der Waals surface area contributed by atoms with E-state index < -0.39 is 0 Å². The number of hydrogen-bond donors (Lipinski definition) is 1. The highest BCUT2D eigenvalue weighted by Crippen LogP contribution is 2.40. The zero-order valence-electron chi connectivity index (χ0n) is 11.1. The first-order chi connectivity index (χ1) is 8.70. The minimum absolute atomic E-state index is 0.152. The number of benzene rings is 1. The number of methoxy groups -OCH3 is 1. The maximum absolute atomic E-state index is 11.1. The van der Waals surface area contributed by atoms with E-state index in [-0.39, 0.29) is 5.97 Å². The molecule has 0 aliphatic heterocycles. The van der Waals surface area contributed by atoms with E-state index in [0.717, 1.165) is 5.92 Å². The molecule has 0 radical (unpaired) electrons. The van der Waals surface area contributed by atoms with Gasteiger partial charge in [0.1, 0.15) is 0 Å².